The summed E-state index contributed by atoms with van der Waals surface area (Å²) in [6.45, 7) is 1.97. The Hall–Kier alpha value is -1.10. The highest BCUT2D eigenvalue weighted by atomic mass is 32.2. The molecule has 0 aromatic carbocycles. The summed E-state index contributed by atoms with van der Waals surface area (Å²) in [6.07, 6.45) is 3.59. The molecule has 0 atom stereocenters. The minimum absolute atomic E-state index is 0.397. The van der Waals surface area contributed by atoms with Crippen molar-refractivity contribution < 1.29 is 4.21 Å². The molecule has 1 aliphatic rings. The molecule has 0 unspecified atom stereocenters. The topological polar surface area (TPSA) is 68.0 Å². The van der Waals surface area contributed by atoms with Gasteiger partial charge >= 0.3 is 0 Å². The van der Waals surface area contributed by atoms with Crippen LogP contribution in [0.15, 0.2) is 12.3 Å². The third-order valence-corrected chi connectivity index (χ3v) is 4.27. The summed E-state index contributed by atoms with van der Waals surface area (Å²) in [4.78, 5) is 4.24. The standard InChI is InChI=1S/C11H17N3OS/c1-8-6-11(13-7-10(8)12)14-9-2-4-16(15)5-3-9/h6-7,9H,2-5,12H2,1H3,(H,13,14). The molecule has 0 aliphatic carbocycles. The second kappa shape index (κ2) is 4.82. The summed E-state index contributed by atoms with van der Waals surface area (Å²) in [5.41, 5.74) is 7.47. The summed E-state index contributed by atoms with van der Waals surface area (Å²) < 4.78 is 11.2. The Morgan fingerprint density at radius 3 is 2.81 bits per heavy atom. The van der Waals surface area contributed by atoms with E-state index in [-0.39, 0.29) is 0 Å². The van der Waals surface area contributed by atoms with Crippen molar-refractivity contribution in [2.24, 2.45) is 0 Å². The van der Waals surface area contributed by atoms with Crippen LogP contribution < -0.4 is 11.1 Å². The number of nitrogen functional groups attached to an aromatic ring is 1. The van der Waals surface area contributed by atoms with Gasteiger partial charge in [0.25, 0.3) is 0 Å². The van der Waals surface area contributed by atoms with Gasteiger partial charge in [0.15, 0.2) is 0 Å². The van der Waals surface area contributed by atoms with Crippen molar-refractivity contribution in [1.29, 1.82) is 0 Å². The van der Waals surface area contributed by atoms with E-state index in [4.69, 9.17) is 5.73 Å². The van der Waals surface area contributed by atoms with Gasteiger partial charge in [-0.15, -0.1) is 0 Å². The average molecular weight is 239 g/mol. The zero-order valence-electron chi connectivity index (χ0n) is 9.40. The summed E-state index contributed by atoms with van der Waals surface area (Å²) in [5.74, 6) is 2.46. The number of pyridine rings is 1. The number of hydrogen-bond donors (Lipinski definition) is 2. The first-order chi connectivity index (χ1) is 7.65. The molecule has 4 nitrogen and oxygen atoms in total. The molecule has 2 rings (SSSR count). The summed E-state index contributed by atoms with van der Waals surface area (Å²) in [7, 11) is -0.607. The highest BCUT2D eigenvalue weighted by molar-refractivity contribution is 7.85. The summed E-state index contributed by atoms with van der Waals surface area (Å²) >= 11 is 0. The van der Waals surface area contributed by atoms with E-state index in [0.717, 1.165) is 41.4 Å². The molecule has 5 heteroatoms. The van der Waals surface area contributed by atoms with E-state index in [2.05, 4.69) is 10.3 Å². The average Bonchev–Trinajstić information content (AvgIpc) is 2.27. The first-order valence-electron chi connectivity index (χ1n) is 5.49. The Kier molecular flexibility index (Phi) is 3.43. The number of nitrogens with two attached hydrogens (primary N) is 1. The zero-order valence-corrected chi connectivity index (χ0v) is 10.2. The molecule has 0 saturated carbocycles. The highest BCUT2D eigenvalue weighted by Gasteiger charge is 2.17. The molecule has 1 aromatic heterocycles. The van der Waals surface area contributed by atoms with Crippen molar-refractivity contribution >= 4 is 22.3 Å². The molecule has 3 N–H and O–H groups in total. The van der Waals surface area contributed by atoms with Crippen LogP contribution in [-0.4, -0.2) is 26.7 Å². The number of anilines is 2. The third-order valence-electron chi connectivity index (χ3n) is 2.89. The Labute approximate surface area is 98.1 Å². The van der Waals surface area contributed by atoms with Gasteiger partial charge in [-0.1, -0.05) is 0 Å². The van der Waals surface area contributed by atoms with E-state index < -0.39 is 10.8 Å². The molecule has 1 saturated heterocycles. The molecule has 2 heterocycles. The summed E-state index contributed by atoms with van der Waals surface area (Å²) in [6, 6.07) is 2.36. The predicted octanol–water partition coefficient (Wildman–Crippen LogP) is 1.30. The largest absolute Gasteiger partial charge is 0.397 e. The molecule has 1 aliphatic heterocycles. The van der Waals surface area contributed by atoms with Crippen LogP contribution in [0.2, 0.25) is 0 Å². The number of hydrogen-bond acceptors (Lipinski definition) is 4. The van der Waals surface area contributed by atoms with Gasteiger partial charge in [-0.3, -0.25) is 4.21 Å². The van der Waals surface area contributed by atoms with Gasteiger partial charge in [0.2, 0.25) is 0 Å². The maximum atomic E-state index is 11.2. The first kappa shape index (κ1) is 11.4. The number of rotatable bonds is 2. The fourth-order valence-electron chi connectivity index (χ4n) is 1.79. The lowest BCUT2D eigenvalue weighted by molar-refractivity contribution is 0.622. The molecule has 0 bridgehead atoms. The normalized spacial score (nSPS) is 25.3. The van der Waals surface area contributed by atoms with E-state index >= 15 is 0 Å². The second-order valence-corrected chi connectivity index (χ2v) is 5.89. The number of nitrogens with one attached hydrogen (secondary N) is 1. The first-order valence-corrected chi connectivity index (χ1v) is 6.97. The molecule has 0 amide bonds. The van der Waals surface area contributed by atoms with Crippen LogP contribution in [0.1, 0.15) is 18.4 Å². The number of nitrogens with zero attached hydrogens (tertiary/aromatic N) is 1. The van der Waals surface area contributed by atoms with E-state index in [0.29, 0.717) is 6.04 Å². The van der Waals surface area contributed by atoms with Crippen LogP contribution in [0.5, 0.6) is 0 Å². The van der Waals surface area contributed by atoms with Crippen LogP contribution in [0.25, 0.3) is 0 Å². The Morgan fingerprint density at radius 1 is 1.50 bits per heavy atom. The van der Waals surface area contributed by atoms with Crippen molar-refractivity contribution in [3.8, 4) is 0 Å². The van der Waals surface area contributed by atoms with Crippen LogP contribution in [0.3, 0.4) is 0 Å². The van der Waals surface area contributed by atoms with Crippen LogP contribution in [-0.2, 0) is 10.8 Å². The van der Waals surface area contributed by atoms with Gasteiger partial charge in [-0.25, -0.2) is 4.98 Å². The van der Waals surface area contributed by atoms with Crippen molar-refractivity contribution in [1.82, 2.24) is 4.98 Å². The monoisotopic (exact) mass is 239 g/mol. The molecule has 1 aromatic rings. The van der Waals surface area contributed by atoms with Gasteiger partial charge in [0.05, 0.1) is 11.9 Å². The SMILES string of the molecule is Cc1cc(NC2CCS(=O)CC2)ncc1N. The lowest BCUT2D eigenvalue weighted by Crippen LogP contribution is -2.29. The lowest BCUT2D eigenvalue weighted by atomic mass is 10.1. The fraction of sp³-hybridized carbons (Fsp3) is 0.545. The van der Waals surface area contributed by atoms with E-state index in [1.165, 1.54) is 0 Å². The molecule has 88 valence electrons. The predicted molar refractivity (Wildman–Crippen MR) is 67.9 cm³/mol. The van der Waals surface area contributed by atoms with Crippen molar-refractivity contribution in [3.05, 3.63) is 17.8 Å². The minimum atomic E-state index is -0.607. The molecule has 0 spiro atoms. The number of aryl methyl sites for hydroxylation is 1. The Balaban J connectivity index is 1.98. The molecule has 1 fully saturated rings. The minimum Gasteiger partial charge on any atom is -0.397 e. The second-order valence-electron chi connectivity index (χ2n) is 4.19. The van der Waals surface area contributed by atoms with Crippen molar-refractivity contribution in [3.63, 3.8) is 0 Å². The lowest BCUT2D eigenvalue weighted by Gasteiger charge is -2.23. The van der Waals surface area contributed by atoms with Crippen LogP contribution in [0, 0.1) is 6.92 Å². The Bertz CT molecular complexity index is 398. The maximum absolute atomic E-state index is 11.2. The third kappa shape index (κ3) is 2.72. The van der Waals surface area contributed by atoms with Crippen LogP contribution in [0.4, 0.5) is 11.5 Å². The number of aromatic nitrogens is 1. The van der Waals surface area contributed by atoms with Gasteiger partial charge in [0.1, 0.15) is 5.82 Å². The quantitative estimate of drug-likeness (QED) is 0.816. The Morgan fingerprint density at radius 2 is 2.19 bits per heavy atom. The molecule has 16 heavy (non-hydrogen) atoms. The zero-order chi connectivity index (χ0) is 11.5. The van der Waals surface area contributed by atoms with Gasteiger partial charge in [-0.05, 0) is 31.4 Å². The van der Waals surface area contributed by atoms with Gasteiger partial charge in [-0.2, -0.15) is 0 Å². The van der Waals surface area contributed by atoms with E-state index in [1.54, 1.807) is 6.20 Å². The molecular weight excluding hydrogens is 222 g/mol. The van der Waals surface area contributed by atoms with Crippen molar-refractivity contribution in [2.75, 3.05) is 22.6 Å². The molecular formula is C11H17N3OS. The molecule has 0 radical (unpaired) electrons. The highest BCUT2D eigenvalue weighted by Crippen LogP contribution is 2.17. The van der Waals surface area contributed by atoms with Gasteiger partial charge < -0.3 is 11.1 Å². The van der Waals surface area contributed by atoms with Gasteiger partial charge in [0, 0.05) is 28.3 Å². The summed E-state index contributed by atoms with van der Waals surface area (Å²) in [5, 5.41) is 3.37. The fourth-order valence-corrected chi connectivity index (χ4v) is 3.09. The van der Waals surface area contributed by atoms with Crippen LogP contribution >= 0.6 is 0 Å². The smallest absolute Gasteiger partial charge is 0.126 e. The van der Waals surface area contributed by atoms with E-state index in [9.17, 15) is 4.21 Å². The maximum Gasteiger partial charge on any atom is 0.126 e. The van der Waals surface area contributed by atoms with E-state index in [1.807, 2.05) is 13.0 Å². The van der Waals surface area contributed by atoms with Crippen molar-refractivity contribution in [2.45, 2.75) is 25.8 Å².